The van der Waals surface area contributed by atoms with Gasteiger partial charge in [-0.05, 0) is 85.2 Å². The van der Waals surface area contributed by atoms with E-state index in [1.807, 2.05) is 85.0 Å². The van der Waals surface area contributed by atoms with Crippen molar-refractivity contribution < 1.29 is 14.6 Å². The predicted octanol–water partition coefficient (Wildman–Crippen LogP) is 11.1. The highest BCUT2D eigenvalue weighted by molar-refractivity contribution is 6.39. The van der Waals surface area contributed by atoms with Crippen molar-refractivity contribution in [1.29, 1.82) is 0 Å². The lowest BCUT2D eigenvalue weighted by atomic mass is 9.80. The summed E-state index contributed by atoms with van der Waals surface area (Å²) in [5.41, 5.74) is 6.77. The molecule has 0 amide bonds. The highest BCUT2D eigenvalue weighted by Gasteiger charge is 2.36. The summed E-state index contributed by atoms with van der Waals surface area (Å²) in [4.78, 5) is 17.8. The van der Waals surface area contributed by atoms with E-state index in [4.69, 9.17) is 9.73 Å². The molecule has 3 aromatic carbocycles. The van der Waals surface area contributed by atoms with Gasteiger partial charge in [-0.25, -0.2) is 4.99 Å². The lowest BCUT2D eigenvalue weighted by Gasteiger charge is -2.24. The second-order valence-electron chi connectivity index (χ2n) is 12.2. The zero-order chi connectivity index (χ0) is 32.1. The van der Waals surface area contributed by atoms with E-state index >= 15 is 0 Å². The van der Waals surface area contributed by atoms with Crippen molar-refractivity contribution in [1.82, 2.24) is 0 Å². The molecule has 2 aliphatic rings. The Balaban J connectivity index is 1.08. The van der Waals surface area contributed by atoms with E-state index in [1.54, 1.807) is 0 Å². The fraction of sp³-hybridized carbons (Fsp3) is 0.317. The van der Waals surface area contributed by atoms with Gasteiger partial charge in [0.25, 0.3) is 0 Å². The summed E-state index contributed by atoms with van der Waals surface area (Å²) in [6, 6.07) is 23.5. The van der Waals surface area contributed by atoms with Crippen molar-refractivity contribution in [3.05, 3.63) is 125 Å². The molecular formula is C41H46N2O3. The summed E-state index contributed by atoms with van der Waals surface area (Å²) < 4.78 is 5.93. The van der Waals surface area contributed by atoms with Crippen LogP contribution in [0.2, 0.25) is 0 Å². The fourth-order valence-corrected chi connectivity index (χ4v) is 5.71. The van der Waals surface area contributed by atoms with Crippen molar-refractivity contribution in [3.63, 3.8) is 0 Å². The number of Topliss-reactive ketones (excluding diaryl/α,β-unsaturated/α-hetero) is 1. The monoisotopic (exact) mass is 614 g/mol. The van der Waals surface area contributed by atoms with Crippen LogP contribution in [0.1, 0.15) is 82.3 Å². The van der Waals surface area contributed by atoms with Gasteiger partial charge in [0.05, 0.1) is 29.2 Å². The molecular weight excluding hydrogens is 568 g/mol. The Hall–Kier alpha value is -4.64. The van der Waals surface area contributed by atoms with Crippen molar-refractivity contribution >= 4 is 34.1 Å². The Bertz CT molecular complexity index is 1600. The first-order valence-electron chi connectivity index (χ1n) is 16.9. The number of aryl methyl sites for hydroxylation is 1. The fourth-order valence-electron chi connectivity index (χ4n) is 5.71. The molecule has 0 radical (unpaired) electrons. The number of ketones is 1. The standard InChI is InChI=1S/C41H46N2O3/c1-3-4-5-6-7-8-9-10-11-12-29-46-37-27-25-36(26-28-37)43-35-23-17-32(18-24-35)39-40(44)38(41(39)45)31-15-21-34(22-16-31)42-33-19-13-30(2)14-20-33/h13-28,42,44H,3-12,29H2,1-2H3. The van der Waals surface area contributed by atoms with Gasteiger partial charge in [-0.2, -0.15) is 0 Å². The number of aliphatic hydroxyl groups excluding tert-OH is 1. The third-order valence-electron chi connectivity index (χ3n) is 8.46. The molecule has 0 heterocycles. The van der Waals surface area contributed by atoms with E-state index in [-0.39, 0.29) is 11.5 Å². The number of anilines is 2. The number of unbranched alkanes of at least 4 members (excludes halogenated alkanes) is 9. The average Bonchev–Trinajstić information content (AvgIpc) is 3.07. The number of benzene rings is 3. The molecule has 0 atom stereocenters. The second-order valence-corrected chi connectivity index (χ2v) is 12.2. The summed E-state index contributed by atoms with van der Waals surface area (Å²) >= 11 is 0. The van der Waals surface area contributed by atoms with E-state index in [9.17, 15) is 9.90 Å². The number of aliphatic hydroxyl groups is 1. The van der Waals surface area contributed by atoms with Crippen molar-refractivity contribution in [2.45, 2.75) is 78.1 Å². The van der Waals surface area contributed by atoms with Crippen LogP contribution < -0.4 is 10.1 Å². The third-order valence-corrected chi connectivity index (χ3v) is 8.46. The summed E-state index contributed by atoms with van der Waals surface area (Å²) in [6.07, 6.45) is 20.5. The number of nitrogens with zero attached hydrogens (tertiary/aromatic N) is 1. The van der Waals surface area contributed by atoms with E-state index in [0.29, 0.717) is 22.3 Å². The number of hydrogen-bond donors (Lipinski definition) is 2. The molecule has 0 aromatic heterocycles. The number of aliphatic imine (C=N–C) groups is 1. The maximum atomic E-state index is 13.1. The van der Waals surface area contributed by atoms with Crippen molar-refractivity contribution in [2.24, 2.45) is 4.99 Å². The molecule has 0 saturated carbocycles. The van der Waals surface area contributed by atoms with Crippen LogP contribution in [0.5, 0.6) is 5.75 Å². The Kier molecular flexibility index (Phi) is 11.8. The number of hydrogen-bond acceptors (Lipinski definition) is 5. The number of ether oxygens (including phenoxy) is 1. The Morgan fingerprint density at radius 1 is 0.674 bits per heavy atom. The summed E-state index contributed by atoms with van der Waals surface area (Å²) in [5, 5.41) is 14.2. The Morgan fingerprint density at radius 2 is 1.24 bits per heavy atom. The minimum absolute atomic E-state index is 0.0299. The molecule has 2 aliphatic carbocycles. The minimum Gasteiger partial charge on any atom is -0.506 e. The zero-order valence-corrected chi connectivity index (χ0v) is 27.2. The first-order valence-corrected chi connectivity index (χ1v) is 16.9. The van der Waals surface area contributed by atoms with Crippen LogP contribution in [0.25, 0.3) is 5.57 Å². The van der Waals surface area contributed by atoms with Gasteiger partial charge in [-0.1, -0.05) is 107 Å². The van der Waals surface area contributed by atoms with E-state index in [2.05, 4.69) is 31.3 Å². The lowest BCUT2D eigenvalue weighted by molar-refractivity contribution is -0.111. The van der Waals surface area contributed by atoms with Gasteiger partial charge < -0.3 is 15.2 Å². The predicted molar refractivity (Wildman–Crippen MR) is 192 cm³/mol. The summed E-state index contributed by atoms with van der Waals surface area (Å²) in [7, 11) is 0. The van der Waals surface area contributed by atoms with Crippen LogP contribution in [0.4, 0.5) is 17.1 Å². The third kappa shape index (κ3) is 8.97. The van der Waals surface area contributed by atoms with Gasteiger partial charge >= 0.3 is 0 Å². The maximum absolute atomic E-state index is 13.1. The first kappa shape index (κ1) is 32.7. The van der Waals surface area contributed by atoms with Crippen LogP contribution in [-0.4, -0.2) is 23.2 Å². The van der Waals surface area contributed by atoms with Gasteiger partial charge in [0.2, 0.25) is 5.78 Å². The quantitative estimate of drug-likeness (QED) is 0.124. The van der Waals surface area contributed by atoms with Gasteiger partial charge in [-0.3, -0.25) is 4.79 Å². The maximum Gasteiger partial charge on any atom is 0.201 e. The summed E-state index contributed by atoms with van der Waals surface area (Å²) in [6.45, 7) is 5.06. The van der Waals surface area contributed by atoms with Crippen molar-refractivity contribution in [3.8, 4) is 5.75 Å². The molecule has 5 heteroatoms. The van der Waals surface area contributed by atoms with E-state index in [1.165, 1.54) is 63.4 Å². The largest absolute Gasteiger partial charge is 0.506 e. The number of allylic oxidation sites excluding steroid dienone is 7. The van der Waals surface area contributed by atoms with Crippen LogP contribution in [0.3, 0.4) is 0 Å². The highest BCUT2D eigenvalue weighted by atomic mass is 16.5. The molecule has 46 heavy (non-hydrogen) atoms. The van der Waals surface area contributed by atoms with Crippen LogP contribution >= 0.6 is 0 Å². The van der Waals surface area contributed by atoms with Gasteiger partial charge in [0.1, 0.15) is 11.5 Å². The van der Waals surface area contributed by atoms with Crippen LogP contribution in [0, 0.1) is 6.92 Å². The van der Waals surface area contributed by atoms with Gasteiger partial charge in [-0.15, -0.1) is 0 Å². The molecule has 0 unspecified atom stereocenters. The molecule has 0 saturated heterocycles. The van der Waals surface area contributed by atoms with Gasteiger partial charge in [0, 0.05) is 11.4 Å². The molecule has 5 rings (SSSR count). The SMILES string of the molecule is CCCCCCCCCCCCOc1ccc(N=C2C=CC(=C3C(=O)C(c4ccc(Nc5ccc(C)cc5)cc4)=C3O)C=C2)cc1. The Labute approximate surface area is 274 Å². The molecule has 0 aliphatic heterocycles. The average molecular weight is 615 g/mol. The normalized spacial score (nSPS) is 14.1. The minimum atomic E-state index is -0.158. The van der Waals surface area contributed by atoms with E-state index < -0.39 is 0 Å². The molecule has 0 bridgehead atoms. The van der Waals surface area contributed by atoms with E-state index in [0.717, 1.165) is 41.6 Å². The molecule has 3 aromatic rings. The number of carbonyl (C=O) groups is 1. The topological polar surface area (TPSA) is 70.9 Å². The number of rotatable bonds is 16. The molecule has 0 spiro atoms. The smallest absolute Gasteiger partial charge is 0.201 e. The summed E-state index contributed by atoms with van der Waals surface area (Å²) in [5.74, 6) is 0.734. The zero-order valence-electron chi connectivity index (χ0n) is 27.2. The number of carbonyl (C=O) groups excluding carboxylic acids is 1. The number of nitrogens with one attached hydrogen (secondary N) is 1. The highest BCUT2D eigenvalue weighted by Crippen LogP contribution is 2.39. The van der Waals surface area contributed by atoms with Crippen molar-refractivity contribution in [2.75, 3.05) is 11.9 Å². The van der Waals surface area contributed by atoms with Crippen LogP contribution in [-0.2, 0) is 4.79 Å². The van der Waals surface area contributed by atoms with Crippen LogP contribution in [0.15, 0.2) is 119 Å². The molecule has 238 valence electrons. The lowest BCUT2D eigenvalue weighted by Crippen LogP contribution is -2.22. The molecule has 2 N–H and O–H groups in total. The van der Waals surface area contributed by atoms with Gasteiger partial charge in [0.15, 0.2) is 0 Å². The Morgan fingerprint density at radius 3 is 1.83 bits per heavy atom. The molecule has 5 nitrogen and oxygen atoms in total. The first-order chi connectivity index (χ1) is 22.5. The second kappa shape index (κ2) is 16.6. The molecule has 0 fully saturated rings.